The van der Waals surface area contributed by atoms with Gasteiger partial charge in [-0.15, -0.1) is 0 Å². The van der Waals surface area contributed by atoms with Crippen LogP contribution in [0.15, 0.2) is 53.1 Å². The largest absolute Gasteiger partial charge is 0.394 e. The van der Waals surface area contributed by atoms with Gasteiger partial charge in [0.05, 0.1) is 12.3 Å². The van der Waals surface area contributed by atoms with Crippen LogP contribution in [0.5, 0.6) is 0 Å². The van der Waals surface area contributed by atoms with Gasteiger partial charge in [-0.3, -0.25) is 5.32 Å². The highest BCUT2D eigenvalue weighted by atomic mass is 19.1. The summed E-state index contributed by atoms with van der Waals surface area (Å²) in [5.74, 6) is -0.493. The molecule has 0 saturated carbocycles. The Hall–Kier alpha value is -3.14. The van der Waals surface area contributed by atoms with Crippen LogP contribution in [0.2, 0.25) is 0 Å². The van der Waals surface area contributed by atoms with Gasteiger partial charge >= 0.3 is 0 Å². The Labute approximate surface area is 157 Å². The molecular weight excluding hydrogens is 370 g/mol. The van der Waals surface area contributed by atoms with Crippen molar-refractivity contribution < 1.29 is 23.5 Å². The molecule has 2 aromatic carbocycles. The number of aliphatic hydroxyl groups excluding tert-OH is 2. The van der Waals surface area contributed by atoms with Crippen LogP contribution in [0.25, 0.3) is 22.4 Å². The summed E-state index contributed by atoms with van der Waals surface area (Å²) < 4.78 is 31.5. The normalized spacial score (nSPS) is 13.7. The zero-order valence-electron chi connectivity index (χ0n) is 14.4. The number of fused-ring (bicyclic) bond motifs is 1. The van der Waals surface area contributed by atoms with Crippen molar-refractivity contribution in [3.63, 3.8) is 0 Å². The van der Waals surface area contributed by atoms with Gasteiger partial charge in [0.25, 0.3) is 0 Å². The van der Waals surface area contributed by atoms with E-state index in [2.05, 4.69) is 20.4 Å². The van der Waals surface area contributed by atoms with Gasteiger partial charge in [-0.05, 0) is 42.0 Å². The minimum absolute atomic E-state index is 0.0588. The number of nitrogens with zero attached hydrogens (tertiary/aromatic N) is 2. The first-order valence-corrected chi connectivity index (χ1v) is 8.46. The number of hydrogen-bond acceptors (Lipinski definition) is 6. The maximum absolute atomic E-state index is 13.3. The van der Waals surface area contributed by atoms with E-state index in [0.717, 1.165) is 0 Å². The second-order valence-corrected chi connectivity index (χ2v) is 6.23. The summed E-state index contributed by atoms with van der Waals surface area (Å²) >= 11 is 0. The molecule has 4 aromatic rings. The van der Waals surface area contributed by atoms with Crippen LogP contribution in [0.3, 0.4) is 0 Å². The average molecular weight is 386 g/mol. The topological polar surface area (TPSA) is 107 Å². The first-order valence-electron chi connectivity index (χ1n) is 8.46. The second kappa shape index (κ2) is 7.47. The van der Waals surface area contributed by atoms with Gasteiger partial charge in [0.1, 0.15) is 23.9 Å². The molecule has 0 saturated heterocycles. The molecule has 0 spiro atoms. The summed E-state index contributed by atoms with van der Waals surface area (Å²) in [6.45, 7) is -0.419. The lowest BCUT2D eigenvalue weighted by Gasteiger charge is -2.18. The summed E-state index contributed by atoms with van der Waals surface area (Å²) in [6.07, 6.45) is -1.18. The number of aromatic nitrogens is 3. The Balaban J connectivity index is 1.54. The van der Waals surface area contributed by atoms with Gasteiger partial charge in [0.2, 0.25) is 11.7 Å². The molecule has 0 bridgehead atoms. The fourth-order valence-corrected chi connectivity index (χ4v) is 2.84. The predicted molar refractivity (Wildman–Crippen MR) is 95.9 cm³/mol. The van der Waals surface area contributed by atoms with Crippen LogP contribution in [0.1, 0.15) is 23.7 Å². The number of benzene rings is 2. The number of aromatic amines is 1. The Morgan fingerprint density at radius 1 is 1.07 bits per heavy atom. The first-order chi connectivity index (χ1) is 13.5. The highest BCUT2D eigenvalue weighted by Crippen LogP contribution is 2.24. The number of halogens is 2. The van der Waals surface area contributed by atoms with Crippen molar-refractivity contribution in [2.45, 2.75) is 12.3 Å². The molecule has 0 fully saturated rings. The molecule has 0 amide bonds. The molecule has 0 aliphatic rings. The van der Waals surface area contributed by atoms with Crippen LogP contribution >= 0.6 is 0 Å². The van der Waals surface area contributed by atoms with Crippen molar-refractivity contribution in [1.29, 1.82) is 0 Å². The number of H-pyrrole nitrogens is 1. The van der Waals surface area contributed by atoms with E-state index >= 15 is 0 Å². The highest BCUT2D eigenvalue weighted by Gasteiger charge is 2.22. The fraction of sp³-hybridized carbons (Fsp3) is 0.158. The SMILES string of the molecule is OC[C@H](NC(O)c1ccc(F)cc1)c1nc(-c2cc3cc(F)ccc3[nH]2)no1. The molecule has 2 atom stereocenters. The number of nitrogens with one attached hydrogen (secondary N) is 2. The van der Waals surface area contributed by atoms with Crippen molar-refractivity contribution in [3.8, 4) is 11.5 Å². The van der Waals surface area contributed by atoms with Crippen molar-refractivity contribution in [3.05, 3.63) is 71.6 Å². The lowest BCUT2D eigenvalue weighted by Crippen LogP contribution is -2.29. The smallest absolute Gasteiger partial charge is 0.246 e. The highest BCUT2D eigenvalue weighted by molar-refractivity contribution is 5.84. The van der Waals surface area contributed by atoms with Crippen molar-refractivity contribution in [2.24, 2.45) is 0 Å². The Morgan fingerprint density at radius 3 is 2.57 bits per heavy atom. The lowest BCUT2D eigenvalue weighted by molar-refractivity contribution is 0.0935. The number of aliphatic hydroxyl groups is 2. The third-order valence-corrected chi connectivity index (χ3v) is 4.29. The van der Waals surface area contributed by atoms with E-state index in [1.807, 2.05) is 0 Å². The zero-order valence-corrected chi connectivity index (χ0v) is 14.4. The molecule has 7 nitrogen and oxygen atoms in total. The zero-order chi connectivity index (χ0) is 19.7. The Bertz CT molecular complexity index is 1090. The van der Waals surface area contributed by atoms with E-state index in [0.29, 0.717) is 22.2 Å². The van der Waals surface area contributed by atoms with Gasteiger partial charge in [-0.1, -0.05) is 17.3 Å². The molecule has 0 radical (unpaired) electrons. The minimum Gasteiger partial charge on any atom is -0.394 e. The number of hydrogen-bond donors (Lipinski definition) is 4. The standard InChI is InChI=1S/C19H16F2N4O3/c20-12-3-1-10(2-4-12)18(27)23-16(9-26)19-24-17(25-28-19)15-8-11-7-13(21)5-6-14(11)22-15/h1-8,16,18,22-23,26-27H,9H2/t16-,18?/m0/s1. The Morgan fingerprint density at radius 2 is 1.82 bits per heavy atom. The van der Waals surface area contributed by atoms with E-state index in [9.17, 15) is 19.0 Å². The van der Waals surface area contributed by atoms with Crippen LogP contribution in [-0.2, 0) is 0 Å². The molecule has 144 valence electrons. The van der Waals surface area contributed by atoms with Gasteiger partial charge in [-0.2, -0.15) is 4.98 Å². The summed E-state index contributed by atoms with van der Waals surface area (Å²) in [5.41, 5.74) is 1.65. The summed E-state index contributed by atoms with van der Waals surface area (Å²) in [4.78, 5) is 7.30. The molecule has 9 heteroatoms. The van der Waals surface area contributed by atoms with E-state index in [4.69, 9.17) is 4.52 Å². The van der Waals surface area contributed by atoms with Gasteiger partial charge in [0, 0.05) is 10.9 Å². The monoisotopic (exact) mass is 386 g/mol. The first kappa shape index (κ1) is 18.2. The van der Waals surface area contributed by atoms with Crippen LogP contribution in [0.4, 0.5) is 8.78 Å². The maximum atomic E-state index is 13.3. The van der Waals surface area contributed by atoms with E-state index < -0.39 is 24.7 Å². The summed E-state index contributed by atoms with van der Waals surface area (Å²) in [7, 11) is 0. The summed E-state index contributed by atoms with van der Waals surface area (Å²) in [5, 5.41) is 27.1. The minimum atomic E-state index is -1.18. The molecular formula is C19H16F2N4O3. The maximum Gasteiger partial charge on any atom is 0.246 e. The molecule has 28 heavy (non-hydrogen) atoms. The van der Waals surface area contributed by atoms with Crippen molar-refractivity contribution >= 4 is 10.9 Å². The molecule has 4 N–H and O–H groups in total. The Kier molecular flexibility index (Phi) is 4.86. The molecule has 2 aromatic heterocycles. The van der Waals surface area contributed by atoms with E-state index in [1.165, 1.54) is 36.4 Å². The third-order valence-electron chi connectivity index (χ3n) is 4.29. The van der Waals surface area contributed by atoms with Crippen LogP contribution in [0, 0.1) is 11.6 Å². The number of rotatable bonds is 6. The molecule has 2 heterocycles. The van der Waals surface area contributed by atoms with Gasteiger partial charge in [0.15, 0.2) is 0 Å². The van der Waals surface area contributed by atoms with E-state index in [1.54, 1.807) is 12.1 Å². The quantitative estimate of drug-likeness (QED) is 0.380. The average Bonchev–Trinajstić information content (AvgIpc) is 3.33. The fourth-order valence-electron chi connectivity index (χ4n) is 2.84. The van der Waals surface area contributed by atoms with Crippen molar-refractivity contribution in [1.82, 2.24) is 20.4 Å². The van der Waals surface area contributed by atoms with Crippen LogP contribution < -0.4 is 5.32 Å². The second-order valence-electron chi connectivity index (χ2n) is 6.23. The molecule has 4 rings (SSSR count). The molecule has 1 unspecified atom stereocenters. The van der Waals surface area contributed by atoms with E-state index in [-0.39, 0.29) is 17.5 Å². The predicted octanol–water partition coefficient (Wildman–Crippen LogP) is 2.81. The van der Waals surface area contributed by atoms with Crippen LogP contribution in [-0.4, -0.2) is 31.9 Å². The third kappa shape index (κ3) is 3.63. The van der Waals surface area contributed by atoms with Gasteiger partial charge in [-0.25, -0.2) is 8.78 Å². The molecule has 0 aliphatic heterocycles. The van der Waals surface area contributed by atoms with Gasteiger partial charge < -0.3 is 19.7 Å². The molecule has 0 aliphatic carbocycles. The van der Waals surface area contributed by atoms with Crippen molar-refractivity contribution in [2.75, 3.05) is 6.61 Å². The lowest BCUT2D eigenvalue weighted by atomic mass is 10.1. The summed E-state index contributed by atoms with van der Waals surface area (Å²) in [6, 6.07) is 10.4.